The number of hydrogen-bond donors (Lipinski definition) is 1. The molecular weight excluding hydrogens is 289 g/mol. The smallest absolute Gasteiger partial charge is 0.128 e. The first-order chi connectivity index (χ1) is 7.58. The first-order valence-electron chi connectivity index (χ1n) is 4.85. The fourth-order valence-corrected chi connectivity index (χ4v) is 2.98. The van der Waals surface area contributed by atoms with Crippen LogP contribution in [0.4, 0.5) is 4.39 Å². The third kappa shape index (κ3) is 2.34. The molecule has 0 saturated heterocycles. The van der Waals surface area contributed by atoms with Crippen molar-refractivity contribution in [2.75, 3.05) is 0 Å². The van der Waals surface area contributed by atoms with Crippen LogP contribution in [0.25, 0.3) is 0 Å². The van der Waals surface area contributed by atoms with E-state index >= 15 is 0 Å². The number of thiophene rings is 1. The molecule has 1 atom stereocenters. The molecule has 1 unspecified atom stereocenters. The molecule has 1 heterocycles. The normalized spacial score (nSPS) is 12.8. The highest BCUT2D eigenvalue weighted by Gasteiger charge is 2.15. The molecule has 16 heavy (non-hydrogen) atoms. The van der Waals surface area contributed by atoms with Crippen LogP contribution in [0.5, 0.6) is 0 Å². The summed E-state index contributed by atoms with van der Waals surface area (Å²) in [4.78, 5) is 0.953. The second-order valence-electron chi connectivity index (χ2n) is 3.64. The van der Waals surface area contributed by atoms with Gasteiger partial charge in [-0.25, -0.2) is 4.39 Å². The highest BCUT2D eigenvalue weighted by molar-refractivity contribution is 9.11. The first-order valence-corrected chi connectivity index (χ1v) is 6.46. The van der Waals surface area contributed by atoms with Gasteiger partial charge >= 0.3 is 0 Å². The molecule has 2 aromatic rings. The number of aryl methyl sites for hydroxylation is 1. The molecule has 0 aliphatic carbocycles. The van der Waals surface area contributed by atoms with Crippen LogP contribution in [0, 0.1) is 12.7 Å². The third-order valence-corrected chi connectivity index (χ3v) is 4.10. The largest absolute Gasteiger partial charge is 0.320 e. The topological polar surface area (TPSA) is 26.0 Å². The van der Waals surface area contributed by atoms with E-state index in [0.29, 0.717) is 5.56 Å². The molecule has 0 saturated carbocycles. The Hall–Kier alpha value is -0.710. The van der Waals surface area contributed by atoms with Crippen molar-refractivity contribution in [3.8, 4) is 0 Å². The number of halogens is 2. The zero-order valence-corrected chi connectivity index (χ0v) is 11.1. The number of rotatable bonds is 2. The minimum absolute atomic E-state index is 0.239. The van der Waals surface area contributed by atoms with Crippen LogP contribution in [0.3, 0.4) is 0 Å². The van der Waals surface area contributed by atoms with Crippen LogP contribution >= 0.6 is 27.3 Å². The van der Waals surface area contributed by atoms with E-state index in [1.165, 1.54) is 17.4 Å². The van der Waals surface area contributed by atoms with E-state index in [0.717, 1.165) is 14.2 Å². The average molecular weight is 300 g/mol. The van der Waals surface area contributed by atoms with Crippen molar-refractivity contribution in [3.63, 3.8) is 0 Å². The molecule has 1 aromatic carbocycles. The average Bonchev–Trinajstić information content (AvgIpc) is 2.64. The van der Waals surface area contributed by atoms with Gasteiger partial charge < -0.3 is 5.73 Å². The van der Waals surface area contributed by atoms with Gasteiger partial charge in [-0.15, -0.1) is 11.3 Å². The van der Waals surface area contributed by atoms with Gasteiger partial charge in [-0.3, -0.25) is 0 Å². The molecule has 0 bridgehead atoms. The summed E-state index contributed by atoms with van der Waals surface area (Å²) in [6.07, 6.45) is 0. The fraction of sp³-hybridized carbons (Fsp3) is 0.167. The van der Waals surface area contributed by atoms with Gasteiger partial charge in [-0.1, -0.05) is 12.1 Å². The van der Waals surface area contributed by atoms with Gasteiger partial charge in [0.2, 0.25) is 0 Å². The molecule has 0 amide bonds. The van der Waals surface area contributed by atoms with E-state index in [4.69, 9.17) is 5.73 Å². The Morgan fingerprint density at radius 2 is 2.06 bits per heavy atom. The maximum absolute atomic E-state index is 13.7. The molecular formula is C12H11BrFNS. The van der Waals surface area contributed by atoms with E-state index in [1.807, 2.05) is 25.1 Å². The first kappa shape index (κ1) is 11.8. The van der Waals surface area contributed by atoms with Crippen LogP contribution in [0.1, 0.15) is 22.0 Å². The maximum atomic E-state index is 13.7. The summed E-state index contributed by atoms with van der Waals surface area (Å²) < 4.78 is 14.7. The van der Waals surface area contributed by atoms with Crippen molar-refractivity contribution in [1.82, 2.24) is 0 Å². The molecule has 84 valence electrons. The molecule has 1 nitrogen and oxygen atoms in total. The van der Waals surface area contributed by atoms with Crippen molar-refractivity contribution in [2.45, 2.75) is 13.0 Å². The highest BCUT2D eigenvalue weighted by Crippen LogP contribution is 2.30. The van der Waals surface area contributed by atoms with E-state index in [-0.39, 0.29) is 5.82 Å². The minimum Gasteiger partial charge on any atom is -0.320 e. The summed E-state index contributed by atoms with van der Waals surface area (Å²) in [6, 6.07) is 8.59. The van der Waals surface area contributed by atoms with Crippen molar-refractivity contribution in [1.29, 1.82) is 0 Å². The predicted octanol–water partition coefficient (Wildman–Crippen LogP) is 4.01. The Morgan fingerprint density at radius 1 is 1.31 bits per heavy atom. The molecule has 0 radical (unpaired) electrons. The lowest BCUT2D eigenvalue weighted by Gasteiger charge is -2.11. The standard InChI is InChI=1S/C12H11BrFNS/c1-7-2-3-8(9(14)6-7)12(15)10-4-5-11(13)16-10/h2-6,12H,15H2,1H3. The Labute approximate surface area is 106 Å². The Balaban J connectivity index is 2.37. The number of hydrogen-bond acceptors (Lipinski definition) is 2. The van der Waals surface area contributed by atoms with Crippen molar-refractivity contribution >= 4 is 27.3 Å². The molecule has 0 aliphatic heterocycles. The summed E-state index contributed by atoms with van der Waals surface area (Å²) in [5, 5.41) is 0. The van der Waals surface area contributed by atoms with Crippen LogP contribution in [-0.4, -0.2) is 0 Å². The number of benzene rings is 1. The van der Waals surface area contributed by atoms with Crippen molar-refractivity contribution in [3.05, 3.63) is 55.9 Å². The SMILES string of the molecule is Cc1ccc(C(N)c2ccc(Br)s2)c(F)c1. The fourth-order valence-electron chi connectivity index (χ4n) is 1.53. The second-order valence-corrected chi connectivity index (χ2v) is 6.14. The summed E-state index contributed by atoms with van der Waals surface area (Å²) in [7, 11) is 0. The van der Waals surface area contributed by atoms with E-state index in [1.54, 1.807) is 6.07 Å². The molecule has 4 heteroatoms. The Bertz CT molecular complexity index is 509. The lowest BCUT2D eigenvalue weighted by molar-refractivity contribution is 0.600. The lowest BCUT2D eigenvalue weighted by Crippen LogP contribution is -2.12. The zero-order chi connectivity index (χ0) is 11.7. The molecule has 1 aromatic heterocycles. The monoisotopic (exact) mass is 299 g/mol. The lowest BCUT2D eigenvalue weighted by atomic mass is 10.0. The van der Waals surface area contributed by atoms with Gasteiger partial charge in [0.1, 0.15) is 5.82 Å². The molecule has 0 fully saturated rings. The Morgan fingerprint density at radius 3 is 2.62 bits per heavy atom. The van der Waals surface area contributed by atoms with Gasteiger partial charge in [0.15, 0.2) is 0 Å². The van der Waals surface area contributed by atoms with Gasteiger partial charge in [-0.05, 0) is 46.6 Å². The van der Waals surface area contributed by atoms with Crippen LogP contribution in [0.2, 0.25) is 0 Å². The van der Waals surface area contributed by atoms with Gasteiger partial charge in [0.25, 0.3) is 0 Å². The third-order valence-electron chi connectivity index (χ3n) is 2.39. The summed E-state index contributed by atoms with van der Waals surface area (Å²) >= 11 is 4.90. The summed E-state index contributed by atoms with van der Waals surface area (Å²) in [5.41, 5.74) is 7.48. The summed E-state index contributed by atoms with van der Waals surface area (Å²) in [6.45, 7) is 1.86. The molecule has 2 N–H and O–H groups in total. The molecule has 0 aliphatic rings. The van der Waals surface area contributed by atoms with E-state index < -0.39 is 6.04 Å². The minimum atomic E-state index is -0.392. The van der Waals surface area contributed by atoms with Crippen molar-refractivity contribution < 1.29 is 4.39 Å². The van der Waals surface area contributed by atoms with Crippen molar-refractivity contribution in [2.24, 2.45) is 5.73 Å². The highest BCUT2D eigenvalue weighted by atomic mass is 79.9. The zero-order valence-electron chi connectivity index (χ0n) is 8.71. The quantitative estimate of drug-likeness (QED) is 0.891. The summed E-state index contributed by atoms with van der Waals surface area (Å²) in [5.74, 6) is -0.239. The Kier molecular flexibility index (Phi) is 3.42. The van der Waals surface area contributed by atoms with E-state index in [2.05, 4.69) is 15.9 Å². The predicted molar refractivity (Wildman–Crippen MR) is 69.2 cm³/mol. The maximum Gasteiger partial charge on any atom is 0.128 e. The molecule has 2 rings (SSSR count). The van der Waals surface area contributed by atoms with Gasteiger partial charge in [0.05, 0.1) is 9.83 Å². The molecule has 0 spiro atoms. The van der Waals surface area contributed by atoms with Gasteiger partial charge in [0, 0.05) is 10.4 Å². The number of nitrogens with two attached hydrogens (primary N) is 1. The van der Waals surface area contributed by atoms with Crippen LogP contribution in [-0.2, 0) is 0 Å². The van der Waals surface area contributed by atoms with Crippen LogP contribution < -0.4 is 5.73 Å². The van der Waals surface area contributed by atoms with Gasteiger partial charge in [-0.2, -0.15) is 0 Å². The second kappa shape index (κ2) is 4.65. The van der Waals surface area contributed by atoms with E-state index in [9.17, 15) is 4.39 Å². The van der Waals surface area contributed by atoms with Crippen LogP contribution in [0.15, 0.2) is 34.1 Å².